The van der Waals surface area contributed by atoms with E-state index in [0.29, 0.717) is 13.1 Å². The number of amides is 1. The van der Waals surface area contributed by atoms with E-state index in [1.54, 1.807) is 18.5 Å². The zero-order chi connectivity index (χ0) is 16.9. The molecule has 1 N–H and O–H groups in total. The Hall–Kier alpha value is -2.41. The summed E-state index contributed by atoms with van der Waals surface area (Å²) < 4.78 is 13.0. The summed E-state index contributed by atoms with van der Waals surface area (Å²) in [6.07, 6.45) is 6.76. The Balaban J connectivity index is 1.71. The van der Waals surface area contributed by atoms with Crippen molar-refractivity contribution in [3.8, 4) is 0 Å². The van der Waals surface area contributed by atoms with Crippen LogP contribution in [0.25, 0.3) is 0 Å². The molecule has 1 amide bonds. The number of carbonyl (C=O) groups is 1. The second-order valence-electron chi connectivity index (χ2n) is 5.94. The topological polar surface area (TPSA) is 71.0 Å². The molecular formula is C17H20FN5O. The fourth-order valence-electron chi connectivity index (χ4n) is 2.94. The third-order valence-electron chi connectivity index (χ3n) is 4.08. The lowest BCUT2D eigenvalue weighted by Crippen LogP contribution is -2.25. The fraction of sp³-hybridized carbons (Fsp3) is 0.412. The zero-order valence-electron chi connectivity index (χ0n) is 13.6. The van der Waals surface area contributed by atoms with Crippen molar-refractivity contribution in [2.45, 2.75) is 38.9 Å². The van der Waals surface area contributed by atoms with E-state index >= 15 is 0 Å². The van der Waals surface area contributed by atoms with Crippen LogP contribution in [0.1, 0.15) is 42.9 Å². The molecule has 1 atom stereocenters. The number of likely N-dealkylation sites (tertiary alicyclic amines) is 1. The van der Waals surface area contributed by atoms with Crippen molar-refractivity contribution in [1.82, 2.24) is 25.2 Å². The van der Waals surface area contributed by atoms with Gasteiger partial charge in [-0.15, -0.1) is 0 Å². The van der Waals surface area contributed by atoms with Gasteiger partial charge in [0.05, 0.1) is 48.3 Å². The number of carbonyl (C=O) groups excluding carboxylic acids is 1. The van der Waals surface area contributed by atoms with Gasteiger partial charge in [-0.1, -0.05) is 0 Å². The van der Waals surface area contributed by atoms with E-state index in [1.165, 1.54) is 19.2 Å². The van der Waals surface area contributed by atoms with Crippen molar-refractivity contribution in [1.29, 1.82) is 0 Å². The normalized spacial score (nSPS) is 17.8. The predicted octanol–water partition coefficient (Wildman–Crippen LogP) is 1.98. The van der Waals surface area contributed by atoms with Gasteiger partial charge in [0.2, 0.25) is 5.91 Å². The molecule has 0 aromatic carbocycles. The Kier molecular flexibility index (Phi) is 5.10. The van der Waals surface area contributed by atoms with Crippen LogP contribution in [-0.4, -0.2) is 32.3 Å². The maximum absolute atomic E-state index is 13.0. The van der Waals surface area contributed by atoms with Crippen molar-refractivity contribution in [3.05, 3.63) is 53.6 Å². The summed E-state index contributed by atoms with van der Waals surface area (Å²) in [6, 6.07) is 3.31. The van der Waals surface area contributed by atoms with Crippen LogP contribution in [0.5, 0.6) is 0 Å². The minimum atomic E-state index is -0.326. The maximum Gasteiger partial charge on any atom is 0.217 e. The SMILES string of the molecule is CC(=O)NCc1cncc(C2CCCN2Cc2ccc(F)cn2)n1. The molecule has 0 saturated carbocycles. The van der Waals surface area contributed by atoms with Gasteiger partial charge in [-0.3, -0.25) is 24.6 Å². The van der Waals surface area contributed by atoms with E-state index in [-0.39, 0.29) is 17.8 Å². The third kappa shape index (κ3) is 4.11. The Bertz CT molecular complexity index is 706. The molecule has 0 aliphatic carbocycles. The molecule has 1 aliphatic rings. The van der Waals surface area contributed by atoms with Gasteiger partial charge in [0, 0.05) is 13.5 Å². The van der Waals surface area contributed by atoms with Crippen LogP contribution in [0.3, 0.4) is 0 Å². The molecule has 2 aromatic rings. The van der Waals surface area contributed by atoms with E-state index < -0.39 is 0 Å². The third-order valence-corrected chi connectivity index (χ3v) is 4.08. The van der Waals surface area contributed by atoms with Gasteiger partial charge in [0.25, 0.3) is 0 Å². The summed E-state index contributed by atoms with van der Waals surface area (Å²) in [5.74, 6) is -0.416. The first kappa shape index (κ1) is 16.4. The molecule has 3 heterocycles. The highest BCUT2D eigenvalue weighted by molar-refractivity contribution is 5.72. The van der Waals surface area contributed by atoms with Crippen LogP contribution in [0.15, 0.2) is 30.7 Å². The second kappa shape index (κ2) is 7.44. The maximum atomic E-state index is 13.0. The number of nitrogens with zero attached hydrogens (tertiary/aromatic N) is 4. The van der Waals surface area contributed by atoms with Gasteiger partial charge in [0.1, 0.15) is 5.82 Å². The number of hydrogen-bond donors (Lipinski definition) is 1. The lowest BCUT2D eigenvalue weighted by Gasteiger charge is -2.23. The van der Waals surface area contributed by atoms with Gasteiger partial charge in [-0.2, -0.15) is 0 Å². The lowest BCUT2D eigenvalue weighted by molar-refractivity contribution is -0.119. The molecule has 3 rings (SSSR count). The zero-order valence-corrected chi connectivity index (χ0v) is 13.6. The molecule has 24 heavy (non-hydrogen) atoms. The number of aromatic nitrogens is 3. The number of hydrogen-bond acceptors (Lipinski definition) is 5. The molecule has 1 fully saturated rings. The molecule has 7 heteroatoms. The van der Waals surface area contributed by atoms with Gasteiger partial charge < -0.3 is 5.32 Å². The molecular weight excluding hydrogens is 309 g/mol. The molecule has 6 nitrogen and oxygen atoms in total. The van der Waals surface area contributed by atoms with E-state index in [4.69, 9.17) is 0 Å². The average Bonchev–Trinajstić information content (AvgIpc) is 3.03. The highest BCUT2D eigenvalue weighted by Gasteiger charge is 2.27. The van der Waals surface area contributed by atoms with Gasteiger partial charge >= 0.3 is 0 Å². The van der Waals surface area contributed by atoms with Gasteiger partial charge in [-0.05, 0) is 31.5 Å². The second-order valence-corrected chi connectivity index (χ2v) is 5.94. The number of pyridine rings is 1. The summed E-state index contributed by atoms with van der Waals surface area (Å²) >= 11 is 0. The highest BCUT2D eigenvalue weighted by atomic mass is 19.1. The van der Waals surface area contributed by atoms with Crippen LogP contribution < -0.4 is 5.32 Å². The van der Waals surface area contributed by atoms with Crippen LogP contribution in [0.4, 0.5) is 4.39 Å². The Labute approximate surface area is 140 Å². The van der Waals surface area contributed by atoms with Crippen molar-refractivity contribution < 1.29 is 9.18 Å². The lowest BCUT2D eigenvalue weighted by atomic mass is 10.1. The largest absolute Gasteiger partial charge is 0.351 e. The molecule has 1 aliphatic heterocycles. The molecule has 0 spiro atoms. The van der Waals surface area contributed by atoms with Crippen LogP contribution in [-0.2, 0) is 17.9 Å². The van der Waals surface area contributed by atoms with E-state index in [2.05, 4.69) is 25.2 Å². The average molecular weight is 329 g/mol. The minimum Gasteiger partial charge on any atom is -0.351 e. The van der Waals surface area contributed by atoms with Crippen LogP contribution in [0.2, 0.25) is 0 Å². The Morgan fingerprint density at radius 3 is 2.96 bits per heavy atom. The quantitative estimate of drug-likeness (QED) is 0.908. The number of rotatable bonds is 5. The highest BCUT2D eigenvalue weighted by Crippen LogP contribution is 2.31. The Morgan fingerprint density at radius 1 is 1.33 bits per heavy atom. The monoisotopic (exact) mass is 329 g/mol. The molecule has 2 aromatic heterocycles. The summed E-state index contributed by atoms with van der Waals surface area (Å²) in [4.78, 5) is 26.3. The predicted molar refractivity (Wildman–Crippen MR) is 86.1 cm³/mol. The molecule has 1 saturated heterocycles. The standard InChI is InChI=1S/C17H20FN5O/c1-12(24)20-9-15-8-19-10-16(22-15)17-3-2-6-23(17)11-14-5-4-13(18)7-21-14/h4-5,7-8,10,17H,2-3,6,9,11H2,1H3,(H,20,24). The summed E-state index contributed by atoms with van der Waals surface area (Å²) in [7, 11) is 0. The molecule has 0 radical (unpaired) electrons. The van der Waals surface area contributed by atoms with Crippen molar-refractivity contribution in [2.24, 2.45) is 0 Å². The van der Waals surface area contributed by atoms with E-state index in [1.807, 2.05) is 0 Å². The van der Waals surface area contributed by atoms with Gasteiger partial charge in [-0.25, -0.2) is 4.39 Å². The van der Waals surface area contributed by atoms with Crippen molar-refractivity contribution in [3.63, 3.8) is 0 Å². The summed E-state index contributed by atoms with van der Waals surface area (Å²) in [5.41, 5.74) is 2.48. The van der Waals surface area contributed by atoms with E-state index in [0.717, 1.165) is 36.5 Å². The first-order chi connectivity index (χ1) is 11.6. The van der Waals surface area contributed by atoms with E-state index in [9.17, 15) is 9.18 Å². The number of halogens is 1. The number of nitrogens with one attached hydrogen (secondary N) is 1. The van der Waals surface area contributed by atoms with Crippen LogP contribution in [0, 0.1) is 5.82 Å². The molecule has 126 valence electrons. The van der Waals surface area contributed by atoms with Gasteiger partial charge in [0.15, 0.2) is 0 Å². The molecule has 0 bridgehead atoms. The first-order valence-electron chi connectivity index (χ1n) is 8.01. The van der Waals surface area contributed by atoms with Crippen molar-refractivity contribution in [2.75, 3.05) is 6.54 Å². The first-order valence-corrected chi connectivity index (χ1v) is 8.01. The smallest absolute Gasteiger partial charge is 0.217 e. The minimum absolute atomic E-state index is 0.0907. The summed E-state index contributed by atoms with van der Waals surface area (Å²) in [5, 5.41) is 2.74. The van der Waals surface area contributed by atoms with Crippen LogP contribution >= 0.6 is 0 Å². The fourth-order valence-corrected chi connectivity index (χ4v) is 2.94. The molecule has 1 unspecified atom stereocenters. The summed E-state index contributed by atoms with van der Waals surface area (Å²) in [6.45, 7) is 3.46. The Morgan fingerprint density at radius 2 is 2.21 bits per heavy atom. The van der Waals surface area contributed by atoms with Crippen molar-refractivity contribution >= 4 is 5.91 Å².